The first kappa shape index (κ1) is 14.2. The highest BCUT2D eigenvalue weighted by molar-refractivity contribution is 6.00. The lowest BCUT2D eigenvalue weighted by Crippen LogP contribution is -2.36. The largest absolute Gasteiger partial charge is 0.305 e. The zero-order valence-corrected chi connectivity index (χ0v) is 11.8. The van der Waals surface area contributed by atoms with E-state index in [1.807, 2.05) is 6.92 Å². The molecule has 0 spiro atoms. The maximum absolute atomic E-state index is 7.85. The summed E-state index contributed by atoms with van der Waals surface area (Å²) in [6, 6.07) is 0.510. The highest BCUT2D eigenvalue weighted by Crippen LogP contribution is 2.23. The van der Waals surface area contributed by atoms with Gasteiger partial charge in [-0.1, -0.05) is 39.0 Å². The van der Waals surface area contributed by atoms with E-state index in [2.05, 4.69) is 50.9 Å². The summed E-state index contributed by atoms with van der Waals surface area (Å²) < 4.78 is 0. The smallest absolute Gasteiger partial charge is 0.0380 e. The summed E-state index contributed by atoms with van der Waals surface area (Å²) in [6.07, 6.45) is 7.41. The second-order valence-electron chi connectivity index (χ2n) is 5.46. The van der Waals surface area contributed by atoms with E-state index in [4.69, 9.17) is 5.41 Å². The van der Waals surface area contributed by atoms with Crippen molar-refractivity contribution in [2.24, 2.45) is 11.8 Å². The molecular formula is C15H26N2. The molecule has 0 aliphatic heterocycles. The van der Waals surface area contributed by atoms with Gasteiger partial charge in [-0.05, 0) is 31.9 Å². The highest BCUT2D eigenvalue weighted by atomic mass is 15.1. The summed E-state index contributed by atoms with van der Waals surface area (Å²) in [6.45, 7) is 9.94. The van der Waals surface area contributed by atoms with Crippen LogP contribution in [-0.2, 0) is 0 Å². The fourth-order valence-corrected chi connectivity index (χ4v) is 2.27. The number of nitrogens with zero attached hydrogens (tertiary/aromatic N) is 1. The fourth-order valence-electron chi connectivity index (χ4n) is 2.27. The topological polar surface area (TPSA) is 27.1 Å². The zero-order valence-electron chi connectivity index (χ0n) is 11.8. The Morgan fingerprint density at radius 2 is 2.06 bits per heavy atom. The molecule has 2 heteroatoms. The first-order chi connectivity index (χ1) is 7.95. The standard InChI is InChI=1S/C15H26N2/c1-6-15(16)14-8-7-13(9-14)12(4)17(5)10-11(2)3/h7-9,11-13,16H,6,10H2,1-5H3. The molecule has 1 aliphatic carbocycles. The van der Waals surface area contributed by atoms with Crippen LogP contribution in [0, 0.1) is 17.2 Å². The molecule has 0 aromatic rings. The fraction of sp³-hybridized carbons (Fsp3) is 0.667. The van der Waals surface area contributed by atoms with E-state index in [1.54, 1.807) is 0 Å². The summed E-state index contributed by atoms with van der Waals surface area (Å²) in [7, 11) is 2.19. The second-order valence-corrected chi connectivity index (χ2v) is 5.46. The van der Waals surface area contributed by atoms with Gasteiger partial charge in [0.15, 0.2) is 0 Å². The van der Waals surface area contributed by atoms with E-state index < -0.39 is 0 Å². The average Bonchev–Trinajstić information content (AvgIpc) is 2.75. The van der Waals surface area contributed by atoms with Crippen molar-refractivity contribution in [1.82, 2.24) is 4.90 Å². The van der Waals surface area contributed by atoms with E-state index in [9.17, 15) is 0 Å². The van der Waals surface area contributed by atoms with Gasteiger partial charge in [0.1, 0.15) is 0 Å². The number of nitrogens with one attached hydrogen (secondary N) is 1. The third-order valence-electron chi connectivity index (χ3n) is 3.48. The minimum Gasteiger partial charge on any atom is -0.305 e. The average molecular weight is 234 g/mol. The Morgan fingerprint density at radius 3 is 2.59 bits per heavy atom. The maximum atomic E-state index is 7.85. The molecule has 1 N–H and O–H groups in total. The van der Waals surface area contributed by atoms with Crippen LogP contribution < -0.4 is 0 Å². The van der Waals surface area contributed by atoms with Crippen molar-refractivity contribution in [3.8, 4) is 0 Å². The Hall–Kier alpha value is -0.890. The predicted octanol–water partition coefficient (Wildman–Crippen LogP) is 3.50. The Morgan fingerprint density at radius 1 is 1.41 bits per heavy atom. The van der Waals surface area contributed by atoms with Gasteiger partial charge in [0.25, 0.3) is 0 Å². The van der Waals surface area contributed by atoms with Crippen LogP contribution in [0.5, 0.6) is 0 Å². The van der Waals surface area contributed by atoms with E-state index >= 15 is 0 Å². The van der Waals surface area contributed by atoms with Crippen LogP contribution in [-0.4, -0.2) is 30.2 Å². The Balaban J connectivity index is 2.61. The zero-order chi connectivity index (χ0) is 13.0. The van der Waals surface area contributed by atoms with Gasteiger partial charge in [0.05, 0.1) is 0 Å². The van der Waals surface area contributed by atoms with Gasteiger partial charge in [0, 0.05) is 24.2 Å². The van der Waals surface area contributed by atoms with Gasteiger partial charge in [0.2, 0.25) is 0 Å². The van der Waals surface area contributed by atoms with Crippen LogP contribution in [0.3, 0.4) is 0 Å². The van der Waals surface area contributed by atoms with Gasteiger partial charge in [-0.25, -0.2) is 0 Å². The Kier molecular flexibility index (Phi) is 5.13. The summed E-state index contributed by atoms with van der Waals surface area (Å²) in [5, 5.41) is 7.85. The normalized spacial score (nSPS) is 21.1. The van der Waals surface area contributed by atoms with Crippen LogP contribution in [0.2, 0.25) is 0 Å². The van der Waals surface area contributed by atoms with E-state index in [1.165, 1.54) is 0 Å². The monoisotopic (exact) mass is 234 g/mol. The number of allylic oxidation sites excluding steroid dienone is 2. The lowest BCUT2D eigenvalue weighted by molar-refractivity contribution is 0.209. The predicted molar refractivity (Wildman–Crippen MR) is 75.7 cm³/mol. The highest BCUT2D eigenvalue weighted by Gasteiger charge is 2.21. The SMILES string of the molecule is CCC(=N)C1=CC(C(C)N(C)CC(C)C)C=C1. The van der Waals surface area contributed by atoms with E-state index in [0.29, 0.717) is 17.9 Å². The van der Waals surface area contributed by atoms with E-state index in [0.717, 1.165) is 24.3 Å². The van der Waals surface area contributed by atoms with Gasteiger partial charge in [-0.3, -0.25) is 0 Å². The minimum absolute atomic E-state index is 0.459. The molecule has 0 heterocycles. The first-order valence-corrected chi connectivity index (χ1v) is 6.63. The summed E-state index contributed by atoms with van der Waals surface area (Å²) in [5.41, 5.74) is 1.87. The van der Waals surface area contributed by atoms with Crippen molar-refractivity contribution >= 4 is 5.71 Å². The maximum Gasteiger partial charge on any atom is 0.0380 e. The van der Waals surface area contributed by atoms with Crippen LogP contribution in [0.4, 0.5) is 0 Å². The lowest BCUT2D eigenvalue weighted by Gasteiger charge is -2.29. The van der Waals surface area contributed by atoms with Crippen LogP contribution >= 0.6 is 0 Å². The molecule has 1 aliphatic rings. The number of hydrogen-bond acceptors (Lipinski definition) is 2. The first-order valence-electron chi connectivity index (χ1n) is 6.63. The van der Waals surface area contributed by atoms with Gasteiger partial charge >= 0.3 is 0 Å². The molecule has 0 radical (unpaired) electrons. The molecule has 0 aromatic carbocycles. The van der Waals surface area contributed by atoms with Crippen molar-refractivity contribution in [3.63, 3.8) is 0 Å². The third-order valence-corrected chi connectivity index (χ3v) is 3.48. The third kappa shape index (κ3) is 3.81. The second kappa shape index (κ2) is 6.15. The van der Waals surface area contributed by atoms with Crippen LogP contribution in [0.15, 0.2) is 23.8 Å². The molecule has 2 unspecified atom stereocenters. The summed E-state index contributed by atoms with van der Waals surface area (Å²) in [4.78, 5) is 2.41. The lowest BCUT2D eigenvalue weighted by atomic mass is 10.00. The van der Waals surface area contributed by atoms with Gasteiger partial charge in [-0.15, -0.1) is 0 Å². The molecule has 2 nitrogen and oxygen atoms in total. The molecule has 0 saturated heterocycles. The van der Waals surface area contributed by atoms with Crippen molar-refractivity contribution < 1.29 is 0 Å². The summed E-state index contributed by atoms with van der Waals surface area (Å²) in [5.74, 6) is 1.16. The van der Waals surface area contributed by atoms with Gasteiger partial charge < -0.3 is 10.3 Å². The van der Waals surface area contributed by atoms with Crippen molar-refractivity contribution in [1.29, 1.82) is 5.41 Å². The molecule has 0 bridgehead atoms. The molecule has 96 valence electrons. The van der Waals surface area contributed by atoms with Gasteiger partial charge in [-0.2, -0.15) is 0 Å². The number of rotatable bonds is 6. The molecule has 0 amide bonds. The minimum atomic E-state index is 0.459. The molecule has 1 rings (SSSR count). The van der Waals surface area contributed by atoms with Crippen molar-refractivity contribution in [3.05, 3.63) is 23.8 Å². The van der Waals surface area contributed by atoms with Crippen molar-refractivity contribution in [2.75, 3.05) is 13.6 Å². The molecule has 0 aromatic heterocycles. The molecule has 17 heavy (non-hydrogen) atoms. The van der Waals surface area contributed by atoms with Crippen LogP contribution in [0.1, 0.15) is 34.1 Å². The molecule has 2 atom stereocenters. The molecular weight excluding hydrogens is 208 g/mol. The molecule has 0 fully saturated rings. The summed E-state index contributed by atoms with van der Waals surface area (Å²) >= 11 is 0. The molecule has 0 saturated carbocycles. The number of hydrogen-bond donors (Lipinski definition) is 1. The van der Waals surface area contributed by atoms with E-state index in [-0.39, 0.29) is 0 Å². The van der Waals surface area contributed by atoms with Crippen molar-refractivity contribution in [2.45, 2.75) is 40.2 Å². The quantitative estimate of drug-likeness (QED) is 0.700. The van der Waals surface area contributed by atoms with Crippen LogP contribution in [0.25, 0.3) is 0 Å². The Bertz CT molecular complexity index is 326. The Labute approximate surface area is 106 Å².